The van der Waals surface area contributed by atoms with E-state index in [1.807, 2.05) is 0 Å². The summed E-state index contributed by atoms with van der Waals surface area (Å²) in [5.41, 5.74) is 1.47. The number of benzene rings is 1. The van der Waals surface area contributed by atoms with E-state index in [0.29, 0.717) is 10.9 Å². The van der Waals surface area contributed by atoms with Crippen molar-refractivity contribution in [2.45, 2.75) is 13.0 Å². The molecule has 3 rings (SSSR count). The second-order valence-electron chi connectivity index (χ2n) is 5.78. The highest BCUT2D eigenvalue weighted by Crippen LogP contribution is 2.12. The van der Waals surface area contributed by atoms with Crippen LogP contribution < -0.4 is 5.43 Å². The first kappa shape index (κ1) is 14.2. The summed E-state index contributed by atoms with van der Waals surface area (Å²) in [6.07, 6.45) is 1.14. The molecule has 5 heteroatoms. The van der Waals surface area contributed by atoms with Crippen LogP contribution in [0.5, 0.6) is 0 Å². The lowest BCUT2D eigenvalue weighted by Crippen LogP contribution is -2.29. The van der Waals surface area contributed by atoms with Crippen molar-refractivity contribution in [1.29, 1.82) is 0 Å². The maximum Gasteiger partial charge on any atom is 0.189 e. The smallest absolute Gasteiger partial charge is 0.189 e. The maximum atomic E-state index is 13.2. The lowest BCUT2D eigenvalue weighted by atomic mass is 10.2. The van der Waals surface area contributed by atoms with Gasteiger partial charge in [-0.15, -0.1) is 0 Å². The monoisotopic (exact) mass is 289 g/mol. The Morgan fingerprint density at radius 3 is 2.90 bits per heavy atom. The number of H-pyrrole nitrogens is 1. The highest BCUT2D eigenvalue weighted by molar-refractivity contribution is 5.78. The molecule has 0 radical (unpaired) electrons. The summed E-state index contributed by atoms with van der Waals surface area (Å²) >= 11 is 0. The molecule has 2 aromatic rings. The third-order valence-corrected chi connectivity index (χ3v) is 4.05. The predicted octanol–water partition coefficient (Wildman–Crippen LogP) is 1.80. The Morgan fingerprint density at radius 1 is 1.19 bits per heavy atom. The Labute approximate surface area is 123 Å². The Kier molecular flexibility index (Phi) is 4.03. The van der Waals surface area contributed by atoms with Gasteiger partial charge in [-0.1, -0.05) is 0 Å². The van der Waals surface area contributed by atoms with E-state index < -0.39 is 0 Å². The largest absolute Gasteiger partial charge is 0.357 e. The van der Waals surface area contributed by atoms with Crippen molar-refractivity contribution in [3.63, 3.8) is 0 Å². The average Bonchev–Trinajstić information content (AvgIpc) is 2.65. The molecule has 21 heavy (non-hydrogen) atoms. The normalized spacial score (nSPS) is 18.0. The van der Waals surface area contributed by atoms with Crippen molar-refractivity contribution < 1.29 is 4.39 Å². The molecule has 0 atom stereocenters. The zero-order chi connectivity index (χ0) is 14.8. The molecule has 2 heterocycles. The van der Waals surface area contributed by atoms with Crippen molar-refractivity contribution in [3.05, 3.63) is 46.0 Å². The van der Waals surface area contributed by atoms with E-state index >= 15 is 0 Å². The summed E-state index contributed by atoms with van der Waals surface area (Å²) in [4.78, 5) is 20.0. The lowest BCUT2D eigenvalue weighted by molar-refractivity contribution is 0.267. The third kappa shape index (κ3) is 3.31. The van der Waals surface area contributed by atoms with Crippen molar-refractivity contribution in [1.82, 2.24) is 14.8 Å². The number of nitrogens with zero attached hydrogens (tertiary/aromatic N) is 2. The molecule has 1 aromatic heterocycles. The number of nitrogens with one attached hydrogen (secondary N) is 1. The molecule has 1 fully saturated rings. The van der Waals surface area contributed by atoms with E-state index in [2.05, 4.69) is 21.8 Å². The number of likely N-dealkylation sites (N-methyl/N-ethyl adjacent to an activating group) is 1. The quantitative estimate of drug-likeness (QED) is 0.916. The van der Waals surface area contributed by atoms with E-state index in [1.165, 1.54) is 12.1 Å². The highest BCUT2D eigenvalue weighted by Gasteiger charge is 2.13. The molecule has 1 saturated heterocycles. The second-order valence-corrected chi connectivity index (χ2v) is 5.78. The molecule has 1 aliphatic heterocycles. The van der Waals surface area contributed by atoms with E-state index in [4.69, 9.17) is 0 Å². The number of rotatable bonds is 2. The number of hydrogen-bond acceptors (Lipinski definition) is 3. The van der Waals surface area contributed by atoms with Crippen molar-refractivity contribution >= 4 is 10.9 Å². The average molecular weight is 289 g/mol. The van der Waals surface area contributed by atoms with Crippen molar-refractivity contribution in [2.75, 3.05) is 33.2 Å². The topological polar surface area (TPSA) is 39.3 Å². The van der Waals surface area contributed by atoms with Gasteiger partial charge < -0.3 is 9.88 Å². The molecule has 0 spiro atoms. The fraction of sp³-hybridized carbons (Fsp3) is 0.438. The summed E-state index contributed by atoms with van der Waals surface area (Å²) in [5, 5.41) is 0.411. The summed E-state index contributed by atoms with van der Waals surface area (Å²) in [5.74, 6) is -0.378. The molecular formula is C16H20FN3O. The predicted molar refractivity (Wildman–Crippen MR) is 81.9 cm³/mol. The first-order chi connectivity index (χ1) is 10.1. The van der Waals surface area contributed by atoms with E-state index in [1.54, 1.807) is 12.1 Å². The Bertz CT molecular complexity index is 697. The van der Waals surface area contributed by atoms with Gasteiger partial charge in [-0.2, -0.15) is 0 Å². The van der Waals surface area contributed by atoms with Gasteiger partial charge in [0, 0.05) is 42.3 Å². The summed E-state index contributed by atoms with van der Waals surface area (Å²) in [6.45, 7) is 4.93. The Morgan fingerprint density at radius 2 is 2.05 bits per heavy atom. The summed E-state index contributed by atoms with van der Waals surface area (Å²) < 4.78 is 13.2. The van der Waals surface area contributed by atoms with Crippen LogP contribution in [0.1, 0.15) is 12.1 Å². The molecule has 0 amide bonds. The van der Waals surface area contributed by atoms with Gasteiger partial charge >= 0.3 is 0 Å². The molecule has 0 saturated carbocycles. The first-order valence-corrected chi connectivity index (χ1v) is 7.34. The highest BCUT2D eigenvalue weighted by atomic mass is 19.1. The number of fused-ring (bicyclic) bond motifs is 1. The van der Waals surface area contributed by atoms with E-state index in [0.717, 1.165) is 44.8 Å². The number of hydrogen-bond donors (Lipinski definition) is 1. The minimum absolute atomic E-state index is 0.120. The van der Waals surface area contributed by atoms with Crippen molar-refractivity contribution in [3.8, 4) is 0 Å². The van der Waals surface area contributed by atoms with Crippen LogP contribution in [0.2, 0.25) is 0 Å². The standard InChI is InChI=1S/C16H20FN3O/c1-19-5-2-6-20(8-7-19)11-13-10-16(21)14-9-12(17)3-4-15(14)18-13/h3-4,9-10H,2,5-8,11H2,1H3,(H,18,21). The molecule has 1 N–H and O–H groups in total. The van der Waals surface area contributed by atoms with Gasteiger partial charge in [-0.3, -0.25) is 9.69 Å². The fourth-order valence-corrected chi connectivity index (χ4v) is 2.86. The van der Waals surface area contributed by atoms with Crippen LogP contribution in [0.15, 0.2) is 29.1 Å². The van der Waals surface area contributed by atoms with Crippen LogP contribution in [0.3, 0.4) is 0 Å². The minimum Gasteiger partial charge on any atom is -0.357 e. The molecule has 112 valence electrons. The van der Waals surface area contributed by atoms with Gasteiger partial charge in [-0.05, 0) is 44.8 Å². The SMILES string of the molecule is CN1CCCN(Cc2cc(=O)c3cc(F)ccc3[nH]2)CC1. The molecule has 0 unspecified atom stereocenters. The molecule has 1 aliphatic rings. The number of aromatic nitrogens is 1. The van der Waals surface area contributed by atoms with Gasteiger partial charge in [0.1, 0.15) is 5.82 Å². The zero-order valence-corrected chi connectivity index (χ0v) is 12.2. The van der Waals surface area contributed by atoms with Crippen molar-refractivity contribution in [2.24, 2.45) is 0 Å². The Hall–Kier alpha value is -1.72. The van der Waals surface area contributed by atoms with E-state index in [-0.39, 0.29) is 11.2 Å². The number of pyridine rings is 1. The number of halogens is 1. The van der Waals surface area contributed by atoms with Crippen LogP contribution in [-0.4, -0.2) is 48.0 Å². The minimum atomic E-state index is -0.378. The molecule has 1 aromatic carbocycles. The van der Waals surface area contributed by atoms with Crippen LogP contribution in [0.4, 0.5) is 4.39 Å². The second kappa shape index (κ2) is 5.95. The van der Waals surface area contributed by atoms with Gasteiger partial charge in [0.25, 0.3) is 0 Å². The summed E-state index contributed by atoms with van der Waals surface area (Å²) in [7, 11) is 2.13. The van der Waals surface area contributed by atoms with E-state index in [9.17, 15) is 9.18 Å². The molecular weight excluding hydrogens is 269 g/mol. The van der Waals surface area contributed by atoms with Gasteiger partial charge in [-0.25, -0.2) is 4.39 Å². The van der Waals surface area contributed by atoms with Crippen LogP contribution in [0, 0.1) is 5.82 Å². The third-order valence-electron chi connectivity index (χ3n) is 4.05. The van der Waals surface area contributed by atoms with Crippen LogP contribution in [-0.2, 0) is 6.54 Å². The molecule has 0 aliphatic carbocycles. The molecule has 0 bridgehead atoms. The number of aromatic amines is 1. The van der Waals surface area contributed by atoms with Gasteiger partial charge in [0.2, 0.25) is 0 Å². The first-order valence-electron chi connectivity index (χ1n) is 7.34. The van der Waals surface area contributed by atoms with Crippen LogP contribution >= 0.6 is 0 Å². The zero-order valence-electron chi connectivity index (χ0n) is 12.2. The maximum absolute atomic E-state index is 13.2. The Balaban J connectivity index is 1.84. The fourth-order valence-electron chi connectivity index (χ4n) is 2.86. The van der Waals surface area contributed by atoms with Gasteiger partial charge in [0.05, 0.1) is 0 Å². The van der Waals surface area contributed by atoms with Gasteiger partial charge in [0.15, 0.2) is 5.43 Å². The lowest BCUT2D eigenvalue weighted by Gasteiger charge is -2.20. The molecule has 4 nitrogen and oxygen atoms in total. The summed E-state index contributed by atoms with van der Waals surface area (Å²) in [6, 6.07) is 5.89. The van der Waals surface area contributed by atoms with Crippen LogP contribution in [0.25, 0.3) is 10.9 Å².